The van der Waals surface area contributed by atoms with Gasteiger partial charge in [0.25, 0.3) is 11.8 Å². The molecule has 0 saturated carbocycles. The van der Waals surface area contributed by atoms with Crippen LogP contribution in [0.1, 0.15) is 11.3 Å². The summed E-state index contributed by atoms with van der Waals surface area (Å²) in [6.45, 7) is 4.60. The minimum absolute atomic E-state index is 0.0473. The summed E-state index contributed by atoms with van der Waals surface area (Å²) in [4.78, 5) is 28.9. The number of benzene rings is 1. The highest BCUT2D eigenvalue weighted by molar-refractivity contribution is 9.10. The molecule has 1 N–H and O–H groups in total. The molecule has 9 heteroatoms. The molecular formula is C20H18BrN3O4S. The fourth-order valence-corrected chi connectivity index (χ4v) is 4.00. The number of amides is 2. The molecule has 2 aliphatic heterocycles. The molecule has 0 aliphatic carbocycles. The molecule has 0 atom stereocenters. The molecule has 7 nitrogen and oxygen atoms in total. The quantitative estimate of drug-likeness (QED) is 0.417. The Morgan fingerprint density at radius 2 is 1.86 bits per heavy atom. The van der Waals surface area contributed by atoms with E-state index in [1.165, 1.54) is 11.0 Å². The van der Waals surface area contributed by atoms with Crippen molar-refractivity contribution in [3.05, 3.63) is 51.7 Å². The van der Waals surface area contributed by atoms with Crippen LogP contribution in [0, 0.1) is 6.92 Å². The lowest BCUT2D eigenvalue weighted by Gasteiger charge is -2.28. The molecule has 150 valence electrons. The SMILES string of the molecule is Cc1ccc(N2C(=O)/C(=C\c3cc(Br)c(N4CCOCC4)o3)C(=O)NC2=S)cc1. The first-order valence-corrected chi connectivity index (χ1v) is 10.2. The van der Waals surface area contributed by atoms with Gasteiger partial charge in [-0.25, -0.2) is 0 Å². The number of carbonyl (C=O) groups excluding carboxylic acids is 2. The van der Waals surface area contributed by atoms with Crippen molar-refractivity contribution in [3.8, 4) is 0 Å². The van der Waals surface area contributed by atoms with Crippen LogP contribution in [0.5, 0.6) is 0 Å². The number of rotatable bonds is 3. The number of nitrogens with one attached hydrogen (secondary N) is 1. The molecule has 0 unspecified atom stereocenters. The van der Waals surface area contributed by atoms with Gasteiger partial charge in [-0.3, -0.25) is 19.8 Å². The van der Waals surface area contributed by atoms with Gasteiger partial charge < -0.3 is 14.1 Å². The summed E-state index contributed by atoms with van der Waals surface area (Å²) in [5.74, 6) is -0.00451. The summed E-state index contributed by atoms with van der Waals surface area (Å²) in [6.07, 6.45) is 1.44. The number of halogens is 1. The van der Waals surface area contributed by atoms with E-state index >= 15 is 0 Å². The number of nitrogens with zero attached hydrogens (tertiary/aromatic N) is 2. The lowest BCUT2D eigenvalue weighted by Crippen LogP contribution is -2.54. The van der Waals surface area contributed by atoms with Gasteiger partial charge in [0, 0.05) is 19.2 Å². The second-order valence-electron chi connectivity index (χ2n) is 6.69. The van der Waals surface area contributed by atoms with Crippen LogP contribution in [0.3, 0.4) is 0 Å². The van der Waals surface area contributed by atoms with Crippen LogP contribution in [-0.2, 0) is 14.3 Å². The van der Waals surface area contributed by atoms with Crippen LogP contribution >= 0.6 is 28.1 Å². The lowest BCUT2D eigenvalue weighted by atomic mass is 10.1. The van der Waals surface area contributed by atoms with Gasteiger partial charge in [-0.2, -0.15) is 0 Å². The van der Waals surface area contributed by atoms with Crippen LogP contribution in [-0.4, -0.2) is 43.2 Å². The number of carbonyl (C=O) groups is 2. The van der Waals surface area contributed by atoms with Gasteiger partial charge in [-0.05, 0) is 53.3 Å². The molecule has 1 aromatic carbocycles. The number of furan rings is 1. The minimum Gasteiger partial charge on any atom is -0.440 e. The highest BCUT2D eigenvalue weighted by atomic mass is 79.9. The third-order valence-electron chi connectivity index (χ3n) is 4.67. The maximum absolute atomic E-state index is 13.1. The molecule has 29 heavy (non-hydrogen) atoms. The zero-order valence-electron chi connectivity index (χ0n) is 15.6. The molecule has 2 fully saturated rings. The Morgan fingerprint density at radius 1 is 1.17 bits per heavy atom. The van der Waals surface area contributed by atoms with Gasteiger partial charge in [-0.15, -0.1) is 0 Å². The second-order valence-corrected chi connectivity index (χ2v) is 7.94. The third-order valence-corrected chi connectivity index (χ3v) is 5.52. The number of hydrogen-bond donors (Lipinski definition) is 1. The van der Waals surface area contributed by atoms with E-state index < -0.39 is 11.8 Å². The van der Waals surface area contributed by atoms with Crippen LogP contribution in [0.2, 0.25) is 0 Å². The molecular weight excluding hydrogens is 458 g/mol. The number of hydrogen-bond acceptors (Lipinski definition) is 6. The summed E-state index contributed by atoms with van der Waals surface area (Å²) >= 11 is 8.71. The van der Waals surface area contributed by atoms with Gasteiger partial charge in [0.15, 0.2) is 5.11 Å². The first-order chi connectivity index (χ1) is 13.9. The second kappa shape index (κ2) is 8.10. The smallest absolute Gasteiger partial charge is 0.270 e. The van der Waals surface area contributed by atoms with E-state index in [0.29, 0.717) is 43.6 Å². The fraction of sp³-hybridized carbons (Fsp3) is 0.250. The number of thiocarbonyl (C=S) groups is 1. The van der Waals surface area contributed by atoms with Crippen molar-refractivity contribution in [1.29, 1.82) is 0 Å². The van der Waals surface area contributed by atoms with Crippen LogP contribution in [0.25, 0.3) is 6.08 Å². The zero-order valence-corrected chi connectivity index (χ0v) is 18.0. The summed E-state index contributed by atoms with van der Waals surface area (Å²) in [7, 11) is 0. The maximum atomic E-state index is 13.1. The topological polar surface area (TPSA) is 75.0 Å². The molecule has 0 bridgehead atoms. The normalized spacial score (nSPS) is 19.1. The molecule has 3 heterocycles. The Kier molecular flexibility index (Phi) is 5.53. The molecule has 0 radical (unpaired) electrons. The van der Waals surface area contributed by atoms with Crippen molar-refractivity contribution < 1.29 is 18.7 Å². The zero-order chi connectivity index (χ0) is 20.5. The molecule has 1 aromatic heterocycles. The standard InChI is InChI=1S/C20H18BrN3O4S/c1-12-2-4-13(5-3-12)24-18(26)15(17(25)22-20(24)29)10-14-11-16(21)19(28-14)23-6-8-27-9-7-23/h2-5,10-11H,6-9H2,1H3,(H,22,25,29)/b15-10-. The van der Waals surface area contributed by atoms with Gasteiger partial charge in [0.1, 0.15) is 11.3 Å². The van der Waals surface area contributed by atoms with Crippen molar-refractivity contribution in [2.24, 2.45) is 0 Å². The third kappa shape index (κ3) is 3.98. The van der Waals surface area contributed by atoms with E-state index in [9.17, 15) is 9.59 Å². The maximum Gasteiger partial charge on any atom is 0.270 e. The van der Waals surface area contributed by atoms with E-state index in [1.54, 1.807) is 18.2 Å². The van der Waals surface area contributed by atoms with E-state index in [2.05, 4.69) is 21.2 Å². The highest BCUT2D eigenvalue weighted by Gasteiger charge is 2.35. The van der Waals surface area contributed by atoms with Crippen molar-refractivity contribution in [3.63, 3.8) is 0 Å². The molecule has 4 rings (SSSR count). The van der Waals surface area contributed by atoms with E-state index in [0.717, 1.165) is 10.0 Å². The van der Waals surface area contributed by atoms with Crippen molar-refractivity contribution >= 4 is 62.7 Å². The molecule has 0 spiro atoms. The number of anilines is 2. The van der Waals surface area contributed by atoms with Crippen LogP contribution < -0.4 is 15.1 Å². The number of morpholine rings is 1. The van der Waals surface area contributed by atoms with Crippen LogP contribution in [0.4, 0.5) is 11.6 Å². The minimum atomic E-state index is -0.552. The summed E-state index contributed by atoms with van der Waals surface area (Å²) in [5.41, 5.74) is 1.60. The predicted molar refractivity (Wildman–Crippen MR) is 117 cm³/mol. The van der Waals surface area contributed by atoms with E-state index in [4.69, 9.17) is 21.4 Å². The first-order valence-electron chi connectivity index (χ1n) is 9.04. The molecule has 2 aliphatic rings. The fourth-order valence-electron chi connectivity index (χ4n) is 3.16. The Morgan fingerprint density at radius 3 is 2.55 bits per heavy atom. The molecule has 2 aromatic rings. The molecule has 2 saturated heterocycles. The average Bonchev–Trinajstić information content (AvgIpc) is 3.07. The average molecular weight is 476 g/mol. The predicted octanol–water partition coefficient (Wildman–Crippen LogP) is 3.02. The molecule has 2 amide bonds. The lowest BCUT2D eigenvalue weighted by molar-refractivity contribution is -0.122. The summed E-state index contributed by atoms with van der Waals surface area (Å²) in [6, 6.07) is 9.07. The van der Waals surface area contributed by atoms with Gasteiger partial charge in [0.2, 0.25) is 5.88 Å². The van der Waals surface area contributed by atoms with E-state index in [-0.39, 0.29) is 10.7 Å². The largest absolute Gasteiger partial charge is 0.440 e. The van der Waals surface area contributed by atoms with Crippen molar-refractivity contribution in [2.45, 2.75) is 6.92 Å². The van der Waals surface area contributed by atoms with Crippen molar-refractivity contribution in [2.75, 3.05) is 36.1 Å². The van der Waals surface area contributed by atoms with Gasteiger partial charge in [-0.1, -0.05) is 17.7 Å². The van der Waals surface area contributed by atoms with Crippen molar-refractivity contribution in [1.82, 2.24) is 5.32 Å². The first kappa shape index (κ1) is 19.8. The highest BCUT2D eigenvalue weighted by Crippen LogP contribution is 2.32. The van der Waals surface area contributed by atoms with E-state index in [1.807, 2.05) is 24.0 Å². The Bertz CT molecular complexity index is 1010. The van der Waals surface area contributed by atoms with Crippen LogP contribution in [0.15, 0.2) is 44.8 Å². The summed E-state index contributed by atoms with van der Waals surface area (Å²) < 4.78 is 12.0. The number of aryl methyl sites for hydroxylation is 1. The van der Waals surface area contributed by atoms with Gasteiger partial charge in [0.05, 0.1) is 23.4 Å². The summed E-state index contributed by atoms with van der Waals surface area (Å²) in [5, 5.41) is 2.63. The Hall–Kier alpha value is -2.49. The Balaban J connectivity index is 1.65. The van der Waals surface area contributed by atoms with Gasteiger partial charge >= 0.3 is 0 Å². The Labute approximate surface area is 181 Å². The monoisotopic (exact) mass is 475 g/mol. The number of ether oxygens (including phenoxy) is 1.